The minimum Gasteiger partial charge on any atom is -0.358 e. The van der Waals surface area contributed by atoms with Gasteiger partial charge in [-0.3, -0.25) is 9.78 Å². The van der Waals surface area contributed by atoms with E-state index in [2.05, 4.69) is 15.3 Å². The maximum absolute atomic E-state index is 11.9. The van der Waals surface area contributed by atoms with Gasteiger partial charge in [0.2, 0.25) is 0 Å². The highest BCUT2D eigenvalue weighted by atomic mass is 16.1. The van der Waals surface area contributed by atoms with Crippen molar-refractivity contribution in [2.75, 3.05) is 6.54 Å². The van der Waals surface area contributed by atoms with E-state index in [0.717, 1.165) is 45.8 Å². The first-order valence-electron chi connectivity index (χ1n) is 8.00. The summed E-state index contributed by atoms with van der Waals surface area (Å²) < 4.78 is 0. The summed E-state index contributed by atoms with van der Waals surface area (Å²) in [5.41, 5.74) is 12.4. The van der Waals surface area contributed by atoms with Gasteiger partial charge in [-0.15, -0.1) is 0 Å². The van der Waals surface area contributed by atoms with E-state index < -0.39 is 0 Å². The number of nitrogens with two attached hydrogens (primary N) is 1. The largest absolute Gasteiger partial charge is 0.358 e. The molecule has 3 heterocycles. The Balaban J connectivity index is 1.71. The van der Waals surface area contributed by atoms with Gasteiger partial charge in [0.1, 0.15) is 0 Å². The van der Waals surface area contributed by atoms with Crippen LogP contribution in [0, 0.1) is 0 Å². The summed E-state index contributed by atoms with van der Waals surface area (Å²) in [5, 5.41) is 2.87. The van der Waals surface area contributed by atoms with Gasteiger partial charge >= 0.3 is 0 Å². The van der Waals surface area contributed by atoms with Crippen molar-refractivity contribution in [3.63, 3.8) is 0 Å². The average Bonchev–Trinajstić information content (AvgIpc) is 3.08. The summed E-state index contributed by atoms with van der Waals surface area (Å²) in [4.78, 5) is 19.8. The molecule has 4 N–H and O–H groups in total. The number of carbonyl (C=O) groups is 1. The molecule has 2 aromatic heterocycles. The highest BCUT2D eigenvalue weighted by Crippen LogP contribution is 2.27. The molecule has 0 fully saturated rings. The Kier molecular flexibility index (Phi) is 3.63. The first-order chi connectivity index (χ1) is 11.7. The van der Waals surface area contributed by atoms with Gasteiger partial charge < -0.3 is 16.0 Å². The van der Waals surface area contributed by atoms with Crippen molar-refractivity contribution in [2.24, 2.45) is 5.73 Å². The quantitative estimate of drug-likeness (QED) is 0.694. The van der Waals surface area contributed by atoms with Crippen LogP contribution in [0.25, 0.3) is 22.5 Å². The van der Waals surface area contributed by atoms with Crippen molar-refractivity contribution in [1.82, 2.24) is 15.3 Å². The van der Waals surface area contributed by atoms with Gasteiger partial charge in [-0.2, -0.15) is 0 Å². The second-order valence-corrected chi connectivity index (χ2v) is 5.91. The fourth-order valence-corrected chi connectivity index (χ4v) is 3.02. The van der Waals surface area contributed by atoms with E-state index in [4.69, 9.17) is 5.73 Å². The molecule has 0 spiro atoms. The van der Waals surface area contributed by atoms with Crippen LogP contribution in [-0.2, 0) is 13.0 Å². The predicted molar refractivity (Wildman–Crippen MR) is 93.4 cm³/mol. The van der Waals surface area contributed by atoms with Crippen LogP contribution in [-0.4, -0.2) is 22.4 Å². The van der Waals surface area contributed by atoms with Crippen LogP contribution >= 0.6 is 0 Å². The van der Waals surface area contributed by atoms with E-state index in [1.807, 2.05) is 42.5 Å². The second kappa shape index (κ2) is 5.94. The van der Waals surface area contributed by atoms with Gasteiger partial charge in [0.05, 0.1) is 11.3 Å². The molecule has 120 valence electrons. The number of fused-ring (bicyclic) bond motifs is 1. The Labute approximate surface area is 139 Å². The number of nitrogens with one attached hydrogen (secondary N) is 2. The molecule has 0 saturated carbocycles. The molecule has 0 atom stereocenters. The fraction of sp³-hybridized carbons (Fsp3) is 0.158. The van der Waals surface area contributed by atoms with E-state index in [9.17, 15) is 4.79 Å². The zero-order valence-corrected chi connectivity index (χ0v) is 13.2. The number of hydrogen-bond donors (Lipinski definition) is 3. The van der Waals surface area contributed by atoms with Crippen LogP contribution in [0.3, 0.4) is 0 Å². The second-order valence-electron chi connectivity index (χ2n) is 5.91. The third-order valence-corrected chi connectivity index (χ3v) is 4.36. The van der Waals surface area contributed by atoms with Gasteiger partial charge in [-0.25, -0.2) is 0 Å². The molecule has 5 nitrogen and oxygen atoms in total. The molecule has 1 amide bonds. The Bertz CT molecular complexity index is 896. The molecule has 1 aliphatic heterocycles. The summed E-state index contributed by atoms with van der Waals surface area (Å²) in [5.74, 6) is -0.00889. The first-order valence-corrected chi connectivity index (χ1v) is 8.00. The van der Waals surface area contributed by atoms with E-state index in [1.165, 1.54) is 0 Å². The summed E-state index contributed by atoms with van der Waals surface area (Å²) in [6, 6.07) is 14.0. The Hall–Kier alpha value is -2.92. The van der Waals surface area contributed by atoms with Gasteiger partial charge in [0.25, 0.3) is 5.91 Å². The zero-order valence-electron chi connectivity index (χ0n) is 13.2. The van der Waals surface area contributed by atoms with Crippen LogP contribution in [0.1, 0.15) is 21.6 Å². The Morgan fingerprint density at radius 2 is 1.92 bits per heavy atom. The van der Waals surface area contributed by atoms with E-state index in [1.54, 1.807) is 6.20 Å². The van der Waals surface area contributed by atoms with E-state index in [-0.39, 0.29) is 5.91 Å². The maximum atomic E-state index is 11.9. The van der Waals surface area contributed by atoms with Crippen molar-refractivity contribution in [3.05, 3.63) is 65.5 Å². The Morgan fingerprint density at radius 1 is 1.08 bits per heavy atom. The smallest absolute Gasteiger partial charge is 0.253 e. The Morgan fingerprint density at radius 3 is 2.67 bits per heavy atom. The monoisotopic (exact) mass is 318 g/mol. The number of pyridine rings is 1. The molecule has 0 aliphatic carbocycles. The number of aromatic amines is 1. The zero-order chi connectivity index (χ0) is 16.5. The number of carbonyl (C=O) groups excluding carboxylic acids is 1. The number of amides is 1. The van der Waals surface area contributed by atoms with Crippen molar-refractivity contribution >= 4 is 5.91 Å². The number of hydrogen-bond acceptors (Lipinski definition) is 3. The molecule has 0 radical (unpaired) electrons. The summed E-state index contributed by atoms with van der Waals surface area (Å²) >= 11 is 0. The number of aromatic nitrogens is 2. The average molecular weight is 318 g/mol. The van der Waals surface area contributed by atoms with Crippen LogP contribution in [0.5, 0.6) is 0 Å². The molecule has 5 heteroatoms. The topological polar surface area (TPSA) is 83.8 Å². The highest BCUT2D eigenvalue weighted by Gasteiger charge is 2.20. The minimum atomic E-state index is -0.00889. The van der Waals surface area contributed by atoms with Crippen molar-refractivity contribution in [1.29, 1.82) is 0 Å². The molecule has 3 aromatic rings. The van der Waals surface area contributed by atoms with E-state index >= 15 is 0 Å². The van der Waals surface area contributed by atoms with Crippen molar-refractivity contribution in [3.8, 4) is 22.5 Å². The maximum Gasteiger partial charge on any atom is 0.253 e. The molecular weight excluding hydrogens is 300 g/mol. The van der Waals surface area contributed by atoms with E-state index in [0.29, 0.717) is 13.1 Å². The minimum absolute atomic E-state index is 0.00889. The van der Waals surface area contributed by atoms with Crippen LogP contribution in [0.4, 0.5) is 0 Å². The molecule has 1 aromatic carbocycles. The number of nitrogens with zero attached hydrogens (tertiary/aromatic N) is 1. The van der Waals surface area contributed by atoms with Gasteiger partial charge in [-0.05, 0) is 23.8 Å². The van der Waals surface area contributed by atoms with Crippen LogP contribution in [0.2, 0.25) is 0 Å². The van der Waals surface area contributed by atoms with Crippen LogP contribution in [0.15, 0.2) is 48.7 Å². The van der Waals surface area contributed by atoms with Crippen molar-refractivity contribution < 1.29 is 4.79 Å². The van der Waals surface area contributed by atoms with Crippen LogP contribution < -0.4 is 11.1 Å². The van der Waals surface area contributed by atoms with Gasteiger partial charge in [0, 0.05) is 48.2 Å². The third-order valence-electron chi connectivity index (χ3n) is 4.36. The molecule has 0 bridgehead atoms. The lowest BCUT2D eigenvalue weighted by atomic mass is 10.1. The fourth-order valence-electron chi connectivity index (χ4n) is 3.02. The lowest BCUT2D eigenvalue weighted by Gasteiger charge is -2.10. The molecule has 1 aliphatic rings. The number of benzene rings is 1. The lowest BCUT2D eigenvalue weighted by molar-refractivity contribution is 0.0946. The highest BCUT2D eigenvalue weighted by molar-refractivity contribution is 5.97. The number of rotatable bonds is 3. The first kappa shape index (κ1) is 14.7. The molecule has 0 unspecified atom stereocenters. The van der Waals surface area contributed by atoms with Gasteiger partial charge in [0.15, 0.2) is 0 Å². The summed E-state index contributed by atoms with van der Waals surface area (Å²) in [6.07, 6.45) is 2.63. The predicted octanol–water partition coefficient (Wildman–Crippen LogP) is 2.49. The summed E-state index contributed by atoms with van der Waals surface area (Å²) in [6.45, 7) is 1.21. The standard InChI is InChI=1S/C19H18N4O/c20-11-12-1-3-13(4-2-12)17-9-14(5-7-21-17)18-10-15-16(23-18)6-8-22-19(15)24/h1-5,7,9-10,23H,6,8,11,20H2,(H,22,24). The normalized spacial score (nSPS) is 13.5. The molecule has 4 rings (SSSR count). The summed E-state index contributed by atoms with van der Waals surface area (Å²) in [7, 11) is 0. The number of H-pyrrole nitrogens is 1. The van der Waals surface area contributed by atoms with Gasteiger partial charge in [-0.1, -0.05) is 24.3 Å². The third kappa shape index (κ3) is 2.59. The van der Waals surface area contributed by atoms with Crippen molar-refractivity contribution in [2.45, 2.75) is 13.0 Å². The lowest BCUT2D eigenvalue weighted by Crippen LogP contribution is -2.31. The molecular formula is C19H18N4O. The SMILES string of the molecule is NCc1ccc(-c2cc(-c3cc4c([nH]3)CCNC4=O)ccn2)cc1. The molecule has 0 saturated heterocycles. The molecule has 24 heavy (non-hydrogen) atoms.